The van der Waals surface area contributed by atoms with Crippen LogP contribution in [0.1, 0.15) is 13.8 Å². The van der Waals surface area contributed by atoms with E-state index < -0.39 is 0 Å². The maximum Gasteiger partial charge on any atom is 0.163 e. The molecule has 0 spiro atoms. The first-order valence-electron chi connectivity index (χ1n) is 9.24. The fourth-order valence-corrected chi connectivity index (χ4v) is 2.62. The van der Waals surface area contributed by atoms with Crippen molar-refractivity contribution in [2.45, 2.75) is 13.8 Å². The van der Waals surface area contributed by atoms with Gasteiger partial charge >= 0.3 is 0 Å². The molecule has 0 amide bonds. The first-order chi connectivity index (χ1) is 13.0. The second-order valence-corrected chi connectivity index (χ2v) is 7.17. The van der Waals surface area contributed by atoms with Crippen LogP contribution in [0.5, 0.6) is 0 Å². The normalized spacial score (nSPS) is 10.7. The van der Waals surface area contributed by atoms with Gasteiger partial charge in [-0.3, -0.25) is 0 Å². The van der Waals surface area contributed by atoms with Crippen molar-refractivity contribution in [3.8, 4) is 11.4 Å². The summed E-state index contributed by atoms with van der Waals surface area (Å²) in [6.07, 6.45) is 0. The van der Waals surface area contributed by atoms with Gasteiger partial charge < -0.3 is 15.5 Å². The van der Waals surface area contributed by atoms with Crippen LogP contribution in [0, 0.1) is 5.92 Å². The highest BCUT2D eigenvalue weighted by atomic mass is 15.1. The molecule has 3 aromatic rings. The zero-order valence-corrected chi connectivity index (χ0v) is 16.4. The molecule has 2 N–H and O–H groups in total. The Morgan fingerprint density at radius 1 is 0.889 bits per heavy atom. The van der Waals surface area contributed by atoms with Gasteiger partial charge in [-0.15, -0.1) is 0 Å². The standard InChI is InChI=1S/C22H27N5/c1-16(2)15-23-20-14-21(24-18-10-12-19(13-11-18)27(3)4)26-22(25-20)17-8-6-5-7-9-17/h5-14,16H,15H2,1-4H3,(H2,23,24,25,26). The summed E-state index contributed by atoms with van der Waals surface area (Å²) in [5, 5.41) is 6.81. The van der Waals surface area contributed by atoms with Crippen LogP contribution in [0.2, 0.25) is 0 Å². The van der Waals surface area contributed by atoms with E-state index in [1.807, 2.05) is 50.5 Å². The van der Waals surface area contributed by atoms with E-state index in [2.05, 4.69) is 58.6 Å². The Morgan fingerprint density at radius 2 is 1.56 bits per heavy atom. The smallest absolute Gasteiger partial charge is 0.163 e. The molecule has 5 heteroatoms. The fraction of sp³-hybridized carbons (Fsp3) is 0.273. The lowest BCUT2D eigenvalue weighted by atomic mass is 10.2. The molecule has 0 saturated carbocycles. The van der Waals surface area contributed by atoms with Gasteiger partial charge in [0.15, 0.2) is 5.82 Å². The molecule has 140 valence electrons. The topological polar surface area (TPSA) is 53.1 Å². The van der Waals surface area contributed by atoms with Gasteiger partial charge in [0.1, 0.15) is 11.6 Å². The number of aromatic nitrogens is 2. The predicted octanol–water partition coefficient (Wildman–Crippen LogP) is 5.02. The molecule has 0 unspecified atom stereocenters. The molecule has 27 heavy (non-hydrogen) atoms. The minimum atomic E-state index is 0.537. The average Bonchev–Trinajstić information content (AvgIpc) is 2.67. The molecular formula is C22H27N5. The molecule has 0 fully saturated rings. The summed E-state index contributed by atoms with van der Waals surface area (Å²) >= 11 is 0. The Kier molecular flexibility index (Phi) is 5.91. The van der Waals surface area contributed by atoms with Crippen LogP contribution in [-0.4, -0.2) is 30.6 Å². The zero-order chi connectivity index (χ0) is 19.2. The molecule has 0 radical (unpaired) electrons. The van der Waals surface area contributed by atoms with Crippen LogP contribution in [0.3, 0.4) is 0 Å². The predicted molar refractivity (Wildman–Crippen MR) is 115 cm³/mol. The van der Waals surface area contributed by atoms with Gasteiger partial charge in [0.25, 0.3) is 0 Å². The quantitative estimate of drug-likeness (QED) is 0.619. The maximum absolute atomic E-state index is 4.71. The summed E-state index contributed by atoms with van der Waals surface area (Å²) in [7, 11) is 4.07. The van der Waals surface area contributed by atoms with Crippen molar-refractivity contribution in [2.75, 3.05) is 36.2 Å². The van der Waals surface area contributed by atoms with Crippen molar-refractivity contribution in [1.82, 2.24) is 9.97 Å². The van der Waals surface area contributed by atoms with E-state index in [4.69, 9.17) is 4.98 Å². The molecule has 0 atom stereocenters. The Bertz CT molecular complexity index is 858. The minimum absolute atomic E-state index is 0.537. The van der Waals surface area contributed by atoms with Crippen LogP contribution in [0.25, 0.3) is 11.4 Å². The first-order valence-corrected chi connectivity index (χ1v) is 9.24. The third-order valence-corrected chi connectivity index (χ3v) is 4.11. The summed E-state index contributed by atoms with van der Waals surface area (Å²) < 4.78 is 0. The summed E-state index contributed by atoms with van der Waals surface area (Å²) in [6, 6.07) is 20.3. The SMILES string of the molecule is CC(C)CNc1cc(Nc2ccc(N(C)C)cc2)nc(-c2ccccc2)n1. The second-order valence-electron chi connectivity index (χ2n) is 7.17. The number of benzene rings is 2. The first kappa shape index (κ1) is 18.7. The van der Waals surface area contributed by atoms with E-state index in [1.165, 1.54) is 0 Å². The summed E-state index contributed by atoms with van der Waals surface area (Å²) in [4.78, 5) is 11.5. The Labute approximate surface area is 161 Å². The van der Waals surface area contributed by atoms with Gasteiger partial charge in [0, 0.05) is 43.6 Å². The van der Waals surface area contributed by atoms with E-state index in [9.17, 15) is 0 Å². The average molecular weight is 361 g/mol. The molecule has 1 heterocycles. The van der Waals surface area contributed by atoms with Crippen molar-refractivity contribution in [2.24, 2.45) is 5.92 Å². The van der Waals surface area contributed by atoms with Crippen LogP contribution >= 0.6 is 0 Å². The van der Waals surface area contributed by atoms with E-state index >= 15 is 0 Å². The van der Waals surface area contributed by atoms with Gasteiger partial charge in [-0.25, -0.2) is 9.97 Å². The number of hydrogen-bond donors (Lipinski definition) is 2. The molecule has 3 rings (SSSR count). The van der Waals surface area contributed by atoms with E-state index in [0.29, 0.717) is 11.7 Å². The van der Waals surface area contributed by atoms with Crippen LogP contribution < -0.4 is 15.5 Å². The maximum atomic E-state index is 4.71. The lowest BCUT2D eigenvalue weighted by Crippen LogP contribution is -2.10. The van der Waals surface area contributed by atoms with Gasteiger partial charge in [-0.1, -0.05) is 44.2 Å². The second kappa shape index (κ2) is 8.54. The lowest BCUT2D eigenvalue weighted by Gasteiger charge is -2.15. The number of rotatable bonds is 7. The largest absolute Gasteiger partial charge is 0.378 e. The number of hydrogen-bond acceptors (Lipinski definition) is 5. The summed E-state index contributed by atoms with van der Waals surface area (Å²) in [5.41, 5.74) is 3.15. The van der Waals surface area contributed by atoms with Gasteiger partial charge in [0.2, 0.25) is 0 Å². The summed E-state index contributed by atoms with van der Waals surface area (Å²) in [5.74, 6) is 2.84. The molecule has 2 aromatic carbocycles. The van der Waals surface area contributed by atoms with E-state index in [0.717, 1.165) is 35.1 Å². The number of anilines is 4. The molecule has 0 aliphatic heterocycles. The van der Waals surface area contributed by atoms with Gasteiger partial charge in [-0.05, 0) is 30.2 Å². The van der Waals surface area contributed by atoms with Crippen LogP contribution in [0.4, 0.5) is 23.0 Å². The minimum Gasteiger partial charge on any atom is -0.378 e. The molecule has 0 aliphatic rings. The Morgan fingerprint density at radius 3 is 2.19 bits per heavy atom. The third-order valence-electron chi connectivity index (χ3n) is 4.11. The molecule has 1 aromatic heterocycles. The van der Waals surface area contributed by atoms with E-state index in [1.54, 1.807) is 0 Å². The van der Waals surface area contributed by atoms with Crippen LogP contribution in [-0.2, 0) is 0 Å². The molecule has 0 bridgehead atoms. The van der Waals surface area contributed by atoms with Gasteiger partial charge in [-0.2, -0.15) is 0 Å². The van der Waals surface area contributed by atoms with Crippen molar-refractivity contribution in [3.63, 3.8) is 0 Å². The van der Waals surface area contributed by atoms with Crippen molar-refractivity contribution >= 4 is 23.0 Å². The lowest BCUT2D eigenvalue weighted by molar-refractivity contribution is 0.687. The fourth-order valence-electron chi connectivity index (χ4n) is 2.62. The third kappa shape index (κ3) is 5.20. The number of nitrogens with zero attached hydrogens (tertiary/aromatic N) is 3. The zero-order valence-electron chi connectivity index (χ0n) is 16.4. The molecule has 5 nitrogen and oxygen atoms in total. The highest BCUT2D eigenvalue weighted by Gasteiger charge is 2.08. The molecule has 0 saturated heterocycles. The Balaban J connectivity index is 1.89. The number of nitrogens with one attached hydrogen (secondary N) is 2. The monoisotopic (exact) mass is 361 g/mol. The Hall–Kier alpha value is -3.08. The van der Waals surface area contributed by atoms with Gasteiger partial charge in [0.05, 0.1) is 0 Å². The van der Waals surface area contributed by atoms with E-state index in [-0.39, 0.29) is 0 Å². The summed E-state index contributed by atoms with van der Waals surface area (Å²) in [6.45, 7) is 5.22. The molecule has 0 aliphatic carbocycles. The van der Waals surface area contributed by atoms with Crippen molar-refractivity contribution in [3.05, 3.63) is 60.7 Å². The van der Waals surface area contributed by atoms with Crippen LogP contribution in [0.15, 0.2) is 60.7 Å². The highest BCUT2D eigenvalue weighted by Crippen LogP contribution is 2.24. The highest BCUT2D eigenvalue weighted by molar-refractivity contribution is 5.66. The molecular weight excluding hydrogens is 334 g/mol. The van der Waals surface area contributed by atoms with Crippen molar-refractivity contribution < 1.29 is 0 Å². The van der Waals surface area contributed by atoms with Crippen molar-refractivity contribution in [1.29, 1.82) is 0 Å².